The molecule has 0 aliphatic heterocycles. The highest BCUT2D eigenvalue weighted by Crippen LogP contribution is 1.98. The summed E-state index contributed by atoms with van der Waals surface area (Å²) in [5, 5.41) is 3.17. The molecule has 0 aromatic heterocycles. The molecule has 4 nitrogen and oxygen atoms in total. The van der Waals surface area contributed by atoms with E-state index in [2.05, 4.69) is 36.1 Å². The first-order chi connectivity index (χ1) is 8.70. The monoisotopic (exact) mass is 256 g/mol. The van der Waals surface area contributed by atoms with Gasteiger partial charge in [-0.05, 0) is 26.4 Å². The molecule has 0 amide bonds. The lowest BCUT2D eigenvalue weighted by atomic mass is 10.2. The van der Waals surface area contributed by atoms with Gasteiger partial charge < -0.3 is 16.0 Å². The highest BCUT2D eigenvalue weighted by Gasteiger charge is 1.97. The van der Waals surface area contributed by atoms with Gasteiger partial charge in [0.05, 0.1) is 0 Å². The highest BCUT2D eigenvalue weighted by atomic mass is 15.1. The van der Waals surface area contributed by atoms with Crippen LogP contribution < -0.4 is 11.1 Å². The third kappa shape index (κ3) is 11.7. The second kappa shape index (κ2) is 12.7. The summed E-state index contributed by atoms with van der Waals surface area (Å²) in [6, 6.07) is 0. The Bertz CT molecular complexity index is 204. The number of guanidine groups is 1. The molecule has 0 heterocycles. The van der Waals surface area contributed by atoms with Crippen molar-refractivity contribution in [2.75, 3.05) is 33.2 Å². The summed E-state index contributed by atoms with van der Waals surface area (Å²) >= 11 is 0. The van der Waals surface area contributed by atoms with E-state index in [0.717, 1.165) is 32.6 Å². The van der Waals surface area contributed by atoms with Gasteiger partial charge in [-0.3, -0.25) is 4.99 Å². The van der Waals surface area contributed by atoms with E-state index < -0.39 is 0 Å². The molecule has 108 valence electrons. The van der Waals surface area contributed by atoms with Gasteiger partial charge in [-0.2, -0.15) is 0 Å². The SMILES string of the molecule is CCCCCCN=C(N)NCCN(C)CCCC. The molecule has 4 heteroatoms. The van der Waals surface area contributed by atoms with Crippen molar-refractivity contribution in [3.8, 4) is 0 Å². The number of unbranched alkanes of at least 4 members (excludes halogenated alkanes) is 4. The van der Waals surface area contributed by atoms with Crippen LogP contribution in [-0.4, -0.2) is 44.1 Å². The van der Waals surface area contributed by atoms with Crippen molar-refractivity contribution in [3.63, 3.8) is 0 Å². The summed E-state index contributed by atoms with van der Waals surface area (Å²) in [4.78, 5) is 6.64. The van der Waals surface area contributed by atoms with Gasteiger partial charge in [0.1, 0.15) is 0 Å². The molecule has 0 aromatic carbocycles. The number of nitrogens with two attached hydrogens (primary N) is 1. The van der Waals surface area contributed by atoms with E-state index >= 15 is 0 Å². The van der Waals surface area contributed by atoms with Crippen molar-refractivity contribution >= 4 is 5.96 Å². The minimum atomic E-state index is 0.593. The van der Waals surface area contributed by atoms with Crippen LogP contribution in [0.4, 0.5) is 0 Å². The van der Waals surface area contributed by atoms with Crippen LogP contribution in [0.2, 0.25) is 0 Å². The van der Waals surface area contributed by atoms with Crippen LogP contribution >= 0.6 is 0 Å². The number of nitrogens with zero attached hydrogens (tertiary/aromatic N) is 2. The maximum Gasteiger partial charge on any atom is 0.188 e. The lowest BCUT2D eigenvalue weighted by Gasteiger charge is -2.16. The Balaban J connectivity index is 3.44. The Kier molecular flexibility index (Phi) is 12.1. The molecule has 0 fully saturated rings. The predicted molar refractivity (Wildman–Crippen MR) is 81.0 cm³/mol. The van der Waals surface area contributed by atoms with E-state index in [1.54, 1.807) is 0 Å². The molecule has 0 unspecified atom stereocenters. The number of likely N-dealkylation sites (N-methyl/N-ethyl adjacent to an activating group) is 1. The maximum atomic E-state index is 5.80. The second-order valence-electron chi connectivity index (χ2n) is 4.91. The number of hydrogen-bond donors (Lipinski definition) is 2. The molecule has 3 N–H and O–H groups in total. The molecule has 0 bridgehead atoms. The van der Waals surface area contributed by atoms with Crippen LogP contribution in [0.3, 0.4) is 0 Å². The Morgan fingerprint density at radius 3 is 2.44 bits per heavy atom. The summed E-state index contributed by atoms with van der Waals surface area (Å²) in [5.74, 6) is 0.593. The van der Waals surface area contributed by atoms with Gasteiger partial charge in [-0.15, -0.1) is 0 Å². The van der Waals surface area contributed by atoms with E-state index in [1.165, 1.54) is 32.1 Å². The van der Waals surface area contributed by atoms with Crippen molar-refractivity contribution in [2.45, 2.75) is 52.4 Å². The molecule has 0 rings (SSSR count). The zero-order chi connectivity index (χ0) is 13.6. The van der Waals surface area contributed by atoms with E-state index in [4.69, 9.17) is 5.73 Å². The van der Waals surface area contributed by atoms with E-state index in [0.29, 0.717) is 5.96 Å². The fourth-order valence-corrected chi connectivity index (χ4v) is 1.71. The van der Waals surface area contributed by atoms with Gasteiger partial charge in [0.15, 0.2) is 5.96 Å². The average molecular weight is 256 g/mol. The summed E-state index contributed by atoms with van der Waals surface area (Å²) in [5.41, 5.74) is 5.80. The van der Waals surface area contributed by atoms with Crippen molar-refractivity contribution in [1.82, 2.24) is 10.2 Å². The van der Waals surface area contributed by atoms with Crippen LogP contribution in [0.15, 0.2) is 4.99 Å². The number of aliphatic imine (C=N–C) groups is 1. The Hall–Kier alpha value is -0.770. The van der Waals surface area contributed by atoms with Crippen LogP contribution in [0, 0.1) is 0 Å². The minimum Gasteiger partial charge on any atom is -0.370 e. The largest absolute Gasteiger partial charge is 0.370 e. The molecule has 18 heavy (non-hydrogen) atoms. The molecule has 0 radical (unpaired) electrons. The Morgan fingerprint density at radius 2 is 1.78 bits per heavy atom. The summed E-state index contributed by atoms with van der Waals surface area (Å²) in [6.45, 7) is 8.34. The van der Waals surface area contributed by atoms with E-state index in [9.17, 15) is 0 Å². The van der Waals surface area contributed by atoms with Crippen LogP contribution in [0.5, 0.6) is 0 Å². The van der Waals surface area contributed by atoms with Gasteiger partial charge in [0.2, 0.25) is 0 Å². The van der Waals surface area contributed by atoms with Gasteiger partial charge in [0.25, 0.3) is 0 Å². The molecule has 0 saturated heterocycles. The normalized spacial score (nSPS) is 12.1. The van der Waals surface area contributed by atoms with E-state index in [-0.39, 0.29) is 0 Å². The zero-order valence-corrected chi connectivity index (χ0v) is 12.5. The first-order valence-corrected chi connectivity index (χ1v) is 7.43. The molecule has 0 saturated carbocycles. The highest BCUT2D eigenvalue weighted by molar-refractivity contribution is 5.77. The first kappa shape index (κ1) is 17.2. The van der Waals surface area contributed by atoms with Gasteiger partial charge in [-0.25, -0.2) is 0 Å². The fraction of sp³-hybridized carbons (Fsp3) is 0.929. The van der Waals surface area contributed by atoms with Gasteiger partial charge in [-0.1, -0.05) is 39.5 Å². The summed E-state index contributed by atoms with van der Waals surface area (Å²) in [7, 11) is 2.15. The van der Waals surface area contributed by atoms with E-state index in [1.807, 2.05) is 0 Å². The molecule has 0 spiro atoms. The average Bonchev–Trinajstić information content (AvgIpc) is 2.36. The third-order valence-corrected chi connectivity index (χ3v) is 2.99. The second-order valence-corrected chi connectivity index (χ2v) is 4.91. The quantitative estimate of drug-likeness (QED) is 0.338. The molecular formula is C14H32N4. The van der Waals surface area contributed by atoms with Crippen LogP contribution in [0.1, 0.15) is 52.4 Å². The van der Waals surface area contributed by atoms with Crippen molar-refractivity contribution in [2.24, 2.45) is 10.7 Å². The number of nitrogens with one attached hydrogen (secondary N) is 1. The molecule has 0 aromatic rings. The van der Waals surface area contributed by atoms with Crippen molar-refractivity contribution in [1.29, 1.82) is 0 Å². The molecule has 0 aliphatic carbocycles. The molecule has 0 aliphatic rings. The molecule has 0 atom stereocenters. The van der Waals surface area contributed by atoms with Crippen molar-refractivity contribution in [3.05, 3.63) is 0 Å². The Labute approximate surface area is 113 Å². The third-order valence-electron chi connectivity index (χ3n) is 2.99. The predicted octanol–water partition coefficient (Wildman–Crippen LogP) is 2.20. The Morgan fingerprint density at radius 1 is 1.06 bits per heavy atom. The smallest absolute Gasteiger partial charge is 0.188 e. The number of rotatable bonds is 11. The minimum absolute atomic E-state index is 0.593. The molecular weight excluding hydrogens is 224 g/mol. The van der Waals surface area contributed by atoms with Gasteiger partial charge in [0, 0.05) is 19.6 Å². The summed E-state index contributed by atoms with van der Waals surface area (Å²) < 4.78 is 0. The summed E-state index contributed by atoms with van der Waals surface area (Å²) in [6.07, 6.45) is 7.48. The topological polar surface area (TPSA) is 53.6 Å². The van der Waals surface area contributed by atoms with Crippen molar-refractivity contribution < 1.29 is 0 Å². The fourth-order valence-electron chi connectivity index (χ4n) is 1.71. The van der Waals surface area contributed by atoms with Crippen LogP contribution in [-0.2, 0) is 0 Å². The standard InChI is InChI=1S/C14H32N4/c1-4-6-8-9-10-16-14(15)17-11-13-18(3)12-7-5-2/h4-13H2,1-3H3,(H3,15,16,17). The van der Waals surface area contributed by atoms with Crippen LogP contribution in [0.25, 0.3) is 0 Å². The first-order valence-electron chi connectivity index (χ1n) is 7.43. The zero-order valence-electron chi connectivity index (χ0n) is 12.5. The lowest BCUT2D eigenvalue weighted by Crippen LogP contribution is -2.37. The lowest BCUT2D eigenvalue weighted by molar-refractivity contribution is 0.332. The van der Waals surface area contributed by atoms with Gasteiger partial charge >= 0.3 is 0 Å². The number of hydrogen-bond acceptors (Lipinski definition) is 2. The maximum absolute atomic E-state index is 5.80.